The number of aromatic nitrogens is 3. The molecule has 1 aliphatic heterocycles. The third-order valence-corrected chi connectivity index (χ3v) is 6.20. The number of hydrogen-bond donors (Lipinski definition) is 1. The molecule has 132 valence electrons. The zero-order valence-electron chi connectivity index (χ0n) is 14.9. The molecule has 3 aromatic rings. The molecule has 0 amide bonds. The first-order valence-electron chi connectivity index (χ1n) is 8.88. The molecule has 1 aromatic carbocycles. The van der Waals surface area contributed by atoms with Crippen molar-refractivity contribution in [2.24, 2.45) is 5.92 Å². The van der Waals surface area contributed by atoms with Gasteiger partial charge in [0.15, 0.2) is 0 Å². The number of hydrogen-bond acceptors (Lipinski definition) is 5. The minimum Gasteiger partial charge on any atom is -0.492 e. The average Bonchev–Trinajstić information content (AvgIpc) is 3.09. The van der Waals surface area contributed by atoms with Crippen molar-refractivity contribution in [3.63, 3.8) is 0 Å². The highest BCUT2D eigenvalue weighted by Crippen LogP contribution is 2.41. The van der Waals surface area contributed by atoms with E-state index in [1.807, 2.05) is 6.92 Å². The van der Waals surface area contributed by atoms with E-state index in [2.05, 4.69) is 53.1 Å². The summed E-state index contributed by atoms with van der Waals surface area (Å²) in [5.41, 5.74) is 2.47. The number of benzene rings is 1. The SMILES string of the molecule is Cc1ccc([C@@H](c2sc3nc(C)nn3c2O)N2CCC(C)CC2)cc1. The van der Waals surface area contributed by atoms with Crippen molar-refractivity contribution in [2.45, 2.75) is 39.7 Å². The first kappa shape index (κ1) is 16.5. The van der Waals surface area contributed by atoms with Gasteiger partial charge in [-0.15, -0.1) is 5.10 Å². The summed E-state index contributed by atoms with van der Waals surface area (Å²) in [4.78, 5) is 8.62. The van der Waals surface area contributed by atoms with E-state index in [0.717, 1.165) is 28.8 Å². The molecule has 0 aliphatic carbocycles. The molecule has 6 heteroatoms. The molecule has 0 spiro atoms. The Balaban J connectivity index is 1.79. The van der Waals surface area contributed by atoms with Crippen LogP contribution in [0.2, 0.25) is 0 Å². The fourth-order valence-corrected chi connectivity index (χ4v) is 4.75. The van der Waals surface area contributed by atoms with E-state index in [1.54, 1.807) is 15.9 Å². The summed E-state index contributed by atoms with van der Waals surface area (Å²) in [5.74, 6) is 1.69. The van der Waals surface area contributed by atoms with E-state index in [9.17, 15) is 5.11 Å². The number of thiazole rings is 1. The van der Waals surface area contributed by atoms with Crippen LogP contribution in [0.4, 0.5) is 0 Å². The van der Waals surface area contributed by atoms with Gasteiger partial charge < -0.3 is 5.11 Å². The molecule has 0 radical (unpaired) electrons. The van der Waals surface area contributed by atoms with E-state index < -0.39 is 0 Å². The number of fused-ring (bicyclic) bond motifs is 1. The fourth-order valence-electron chi connectivity index (χ4n) is 3.59. The zero-order chi connectivity index (χ0) is 17.6. The Morgan fingerprint density at radius 1 is 1.16 bits per heavy atom. The van der Waals surface area contributed by atoms with Gasteiger partial charge in [-0.1, -0.05) is 48.1 Å². The Morgan fingerprint density at radius 3 is 2.48 bits per heavy atom. The molecule has 25 heavy (non-hydrogen) atoms. The summed E-state index contributed by atoms with van der Waals surface area (Å²) in [6.07, 6.45) is 2.39. The minimum absolute atomic E-state index is 0.0573. The highest BCUT2D eigenvalue weighted by atomic mass is 32.1. The van der Waals surface area contributed by atoms with E-state index in [-0.39, 0.29) is 11.9 Å². The topological polar surface area (TPSA) is 53.7 Å². The Hall–Kier alpha value is -1.92. The van der Waals surface area contributed by atoms with Crippen molar-refractivity contribution >= 4 is 16.3 Å². The molecule has 0 saturated carbocycles. The van der Waals surface area contributed by atoms with Crippen LogP contribution in [0.1, 0.15) is 47.6 Å². The van der Waals surface area contributed by atoms with Gasteiger partial charge in [0.25, 0.3) is 0 Å². The molecule has 3 heterocycles. The van der Waals surface area contributed by atoms with Crippen LogP contribution in [-0.2, 0) is 0 Å². The Kier molecular flexibility index (Phi) is 4.25. The van der Waals surface area contributed by atoms with Gasteiger partial charge in [0.05, 0.1) is 10.9 Å². The number of likely N-dealkylation sites (tertiary alicyclic amines) is 1. The lowest BCUT2D eigenvalue weighted by Crippen LogP contribution is -2.36. The number of nitrogens with zero attached hydrogens (tertiary/aromatic N) is 4. The van der Waals surface area contributed by atoms with Crippen molar-refractivity contribution in [1.29, 1.82) is 0 Å². The van der Waals surface area contributed by atoms with Gasteiger partial charge in [0.1, 0.15) is 5.82 Å². The summed E-state index contributed by atoms with van der Waals surface area (Å²) in [6.45, 7) is 8.37. The molecule has 2 aromatic heterocycles. The van der Waals surface area contributed by atoms with Crippen LogP contribution >= 0.6 is 11.3 Å². The first-order chi connectivity index (χ1) is 12.0. The summed E-state index contributed by atoms with van der Waals surface area (Å²) in [7, 11) is 0. The monoisotopic (exact) mass is 356 g/mol. The third kappa shape index (κ3) is 3.04. The van der Waals surface area contributed by atoms with Crippen molar-refractivity contribution in [1.82, 2.24) is 19.5 Å². The molecule has 1 fully saturated rings. The van der Waals surface area contributed by atoms with E-state index in [0.29, 0.717) is 5.82 Å². The Bertz CT molecular complexity index is 875. The summed E-state index contributed by atoms with van der Waals surface area (Å²) in [5, 5.41) is 15.1. The van der Waals surface area contributed by atoms with Gasteiger partial charge in [0.2, 0.25) is 10.8 Å². The van der Waals surface area contributed by atoms with Crippen LogP contribution in [0.5, 0.6) is 5.88 Å². The van der Waals surface area contributed by atoms with Gasteiger partial charge in [-0.3, -0.25) is 4.90 Å². The van der Waals surface area contributed by atoms with Gasteiger partial charge >= 0.3 is 0 Å². The van der Waals surface area contributed by atoms with E-state index >= 15 is 0 Å². The van der Waals surface area contributed by atoms with Crippen LogP contribution in [-0.4, -0.2) is 37.7 Å². The predicted octanol–water partition coefficient (Wildman–Crippen LogP) is 3.93. The maximum Gasteiger partial charge on any atom is 0.230 e. The van der Waals surface area contributed by atoms with Gasteiger partial charge in [-0.2, -0.15) is 4.52 Å². The predicted molar refractivity (Wildman–Crippen MR) is 100 cm³/mol. The van der Waals surface area contributed by atoms with Gasteiger partial charge in [-0.05, 0) is 51.3 Å². The van der Waals surface area contributed by atoms with Gasteiger partial charge in [-0.25, -0.2) is 4.98 Å². The van der Waals surface area contributed by atoms with Crippen LogP contribution < -0.4 is 0 Å². The van der Waals surface area contributed by atoms with E-state index in [1.165, 1.54) is 24.0 Å². The molecular weight excluding hydrogens is 332 g/mol. The van der Waals surface area contributed by atoms with Gasteiger partial charge in [0, 0.05) is 0 Å². The Labute approximate surface area is 151 Å². The van der Waals surface area contributed by atoms with Crippen LogP contribution in [0.25, 0.3) is 4.96 Å². The highest BCUT2D eigenvalue weighted by Gasteiger charge is 2.31. The lowest BCUT2D eigenvalue weighted by Gasteiger charge is -2.36. The fraction of sp³-hybridized carbons (Fsp3) is 0.474. The number of aryl methyl sites for hydroxylation is 2. The largest absolute Gasteiger partial charge is 0.492 e. The summed E-state index contributed by atoms with van der Waals surface area (Å²) in [6, 6.07) is 8.71. The number of piperidine rings is 1. The second-order valence-corrected chi connectivity index (χ2v) is 8.18. The second kappa shape index (κ2) is 6.42. The minimum atomic E-state index is 0.0573. The summed E-state index contributed by atoms with van der Waals surface area (Å²) >= 11 is 1.54. The van der Waals surface area contributed by atoms with Crippen molar-refractivity contribution in [3.05, 3.63) is 46.1 Å². The maximum atomic E-state index is 10.8. The molecule has 0 unspecified atom stereocenters. The maximum absolute atomic E-state index is 10.8. The number of rotatable bonds is 3. The average molecular weight is 356 g/mol. The summed E-state index contributed by atoms with van der Waals surface area (Å²) < 4.78 is 1.57. The van der Waals surface area contributed by atoms with E-state index in [4.69, 9.17) is 0 Å². The third-order valence-electron chi connectivity index (χ3n) is 5.13. The smallest absolute Gasteiger partial charge is 0.230 e. The lowest BCUT2D eigenvalue weighted by molar-refractivity contribution is 0.157. The molecule has 1 N–H and O–H groups in total. The standard InChI is InChI=1S/C19H24N4OS/c1-12-4-6-15(7-5-12)16(22-10-8-13(2)9-11-22)17-18(24)23-19(25-17)20-14(3)21-23/h4-7,13,16,24H,8-11H2,1-3H3/t16-/m0/s1. The molecule has 5 nitrogen and oxygen atoms in total. The van der Waals surface area contributed by atoms with Crippen LogP contribution in [0.15, 0.2) is 24.3 Å². The second-order valence-electron chi connectivity index (χ2n) is 7.18. The highest BCUT2D eigenvalue weighted by molar-refractivity contribution is 7.17. The van der Waals surface area contributed by atoms with Crippen molar-refractivity contribution in [3.8, 4) is 5.88 Å². The molecule has 1 saturated heterocycles. The van der Waals surface area contributed by atoms with Crippen molar-refractivity contribution < 1.29 is 5.11 Å². The first-order valence-corrected chi connectivity index (χ1v) is 9.70. The van der Waals surface area contributed by atoms with Crippen LogP contribution in [0, 0.1) is 19.8 Å². The Morgan fingerprint density at radius 2 is 1.84 bits per heavy atom. The zero-order valence-corrected chi connectivity index (χ0v) is 15.8. The molecule has 1 aliphatic rings. The van der Waals surface area contributed by atoms with Crippen LogP contribution in [0.3, 0.4) is 0 Å². The van der Waals surface area contributed by atoms with Crippen molar-refractivity contribution in [2.75, 3.05) is 13.1 Å². The lowest BCUT2D eigenvalue weighted by atomic mass is 9.95. The normalized spacial score (nSPS) is 18.0. The molecular formula is C19H24N4OS. The number of aromatic hydroxyl groups is 1. The quantitative estimate of drug-likeness (QED) is 0.772. The molecule has 0 bridgehead atoms. The molecule has 4 rings (SSSR count). The molecule has 1 atom stereocenters.